The third-order valence-corrected chi connectivity index (χ3v) is 4.59. The molecule has 144 valence electrons. The predicted octanol–water partition coefficient (Wildman–Crippen LogP) is 2.97. The molecule has 1 aromatic rings. The first kappa shape index (κ1) is 21.9. The molecule has 1 heterocycles. The van der Waals surface area contributed by atoms with E-state index in [0.717, 1.165) is 12.8 Å². The third kappa shape index (κ3) is 10.4. The van der Waals surface area contributed by atoms with Crippen LogP contribution in [-0.4, -0.2) is 47.8 Å². The van der Waals surface area contributed by atoms with E-state index in [2.05, 4.69) is 22.5 Å². The van der Waals surface area contributed by atoms with E-state index in [9.17, 15) is 9.90 Å². The average molecular weight is 372 g/mol. The van der Waals surface area contributed by atoms with Crippen LogP contribution in [0, 0.1) is 0 Å². The van der Waals surface area contributed by atoms with E-state index in [0.29, 0.717) is 29.2 Å². The molecule has 1 atom stereocenters. The molecule has 0 aromatic carbocycles. The lowest BCUT2D eigenvalue weighted by Crippen LogP contribution is -2.35. The van der Waals surface area contributed by atoms with Gasteiger partial charge in [-0.1, -0.05) is 64.2 Å². The van der Waals surface area contributed by atoms with E-state index in [1.807, 2.05) is 13.8 Å². The topological polar surface area (TPSA) is 83.5 Å². The van der Waals surface area contributed by atoms with Crippen molar-refractivity contribution in [1.29, 1.82) is 0 Å². The van der Waals surface area contributed by atoms with Crippen LogP contribution in [0.1, 0.15) is 69.0 Å². The number of hydrogen-bond acceptors (Lipinski definition) is 6. The lowest BCUT2D eigenvalue weighted by molar-refractivity contribution is 0.0956. The molecule has 0 radical (unpaired) electrons. The van der Waals surface area contributed by atoms with Crippen LogP contribution in [0.5, 0.6) is 5.19 Å². The molecule has 3 N–H and O–H groups in total. The van der Waals surface area contributed by atoms with Crippen LogP contribution >= 0.6 is 11.3 Å². The maximum absolute atomic E-state index is 12.1. The van der Waals surface area contributed by atoms with E-state index in [1.165, 1.54) is 43.2 Å². The van der Waals surface area contributed by atoms with Gasteiger partial charge in [-0.3, -0.25) is 4.79 Å². The summed E-state index contributed by atoms with van der Waals surface area (Å²) in [4.78, 5) is 16.7. The molecule has 6 nitrogen and oxygen atoms in total. The van der Waals surface area contributed by atoms with Gasteiger partial charge in [0, 0.05) is 19.1 Å². The quantitative estimate of drug-likeness (QED) is 0.438. The summed E-state index contributed by atoms with van der Waals surface area (Å²) >= 11 is 1.21. The minimum atomic E-state index is -0.601. The summed E-state index contributed by atoms with van der Waals surface area (Å²) in [6.07, 6.45) is 8.13. The Labute approximate surface area is 155 Å². The number of amides is 1. The van der Waals surface area contributed by atoms with Gasteiger partial charge in [0.15, 0.2) is 0 Å². The lowest BCUT2D eigenvalue weighted by atomic mass is 10.1. The highest BCUT2D eigenvalue weighted by Crippen LogP contribution is 2.20. The monoisotopic (exact) mass is 371 g/mol. The number of aliphatic hydroxyl groups excluding tert-OH is 1. The first-order valence-electron chi connectivity index (χ1n) is 9.31. The standard InChI is InChI=1S/C18H33N3O3S/c1-4-5-6-7-8-9-10-19-17(23)16-12-21-18(25-16)24-13-15(22)11-20-14(2)3/h12,14-15,20,22H,4-11,13H2,1-3H3,(H,19,23). The number of rotatable bonds is 14. The average Bonchev–Trinajstić information content (AvgIpc) is 3.06. The van der Waals surface area contributed by atoms with Crippen LogP contribution in [0.3, 0.4) is 0 Å². The molecule has 0 saturated heterocycles. The Balaban J connectivity index is 2.19. The molecule has 25 heavy (non-hydrogen) atoms. The Kier molecular flexibility index (Phi) is 11.4. The number of hydrogen-bond donors (Lipinski definition) is 3. The minimum Gasteiger partial charge on any atom is -0.467 e. The van der Waals surface area contributed by atoms with Crippen molar-refractivity contribution in [1.82, 2.24) is 15.6 Å². The van der Waals surface area contributed by atoms with Gasteiger partial charge in [0.05, 0.1) is 6.20 Å². The molecular formula is C18H33N3O3S. The number of carbonyl (C=O) groups is 1. The Hall–Kier alpha value is -1.18. The fraction of sp³-hybridized carbons (Fsp3) is 0.778. The van der Waals surface area contributed by atoms with Crippen molar-refractivity contribution in [2.24, 2.45) is 0 Å². The van der Waals surface area contributed by atoms with Gasteiger partial charge >= 0.3 is 0 Å². The van der Waals surface area contributed by atoms with Crippen molar-refractivity contribution in [3.05, 3.63) is 11.1 Å². The fourth-order valence-corrected chi connectivity index (χ4v) is 2.91. The van der Waals surface area contributed by atoms with Crippen molar-refractivity contribution in [2.75, 3.05) is 19.7 Å². The Morgan fingerprint density at radius 1 is 1.28 bits per heavy atom. The number of nitrogens with one attached hydrogen (secondary N) is 2. The highest BCUT2D eigenvalue weighted by molar-refractivity contribution is 7.15. The first-order valence-corrected chi connectivity index (χ1v) is 10.1. The third-order valence-electron chi connectivity index (χ3n) is 3.69. The number of carbonyl (C=O) groups excluding carboxylic acids is 1. The minimum absolute atomic E-state index is 0.108. The fourth-order valence-electron chi connectivity index (χ4n) is 2.22. The van der Waals surface area contributed by atoms with Gasteiger partial charge in [-0.25, -0.2) is 4.98 Å². The van der Waals surface area contributed by atoms with Crippen molar-refractivity contribution < 1.29 is 14.6 Å². The second-order valence-electron chi connectivity index (χ2n) is 6.54. The van der Waals surface area contributed by atoms with Crippen LogP contribution in [0.4, 0.5) is 0 Å². The summed E-state index contributed by atoms with van der Waals surface area (Å²) in [5, 5.41) is 16.3. The molecule has 1 unspecified atom stereocenters. The van der Waals surface area contributed by atoms with Crippen LogP contribution < -0.4 is 15.4 Å². The van der Waals surface area contributed by atoms with Crippen LogP contribution in [-0.2, 0) is 0 Å². The van der Waals surface area contributed by atoms with Gasteiger partial charge in [0.1, 0.15) is 17.6 Å². The van der Waals surface area contributed by atoms with E-state index >= 15 is 0 Å². The zero-order valence-corrected chi connectivity index (χ0v) is 16.5. The van der Waals surface area contributed by atoms with Crippen molar-refractivity contribution in [2.45, 2.75) is 71.4 Å². The smallest absolute Gasteiger partial charge is 0.273 e. The van der Waals surface area contributed by atoms with E-state index in [4.69, 9.17) is 4.74 Å². The Morgan fingerprint density at radius 3 is 2.72 bits per heavy atom. The van der Waals surface area contributed by atoms with Gasteiger partial charge in [-0.05, 0) is 6.42 Å². The van der Waals surface area contributed by atoms with Crippen molar-refractivity contribution in [3.8, 4) is 5.19 Å². The van der Waals surface area contributed by atoms with E-state index in [1.54, 1.807) is 0 Å². The number of aliphatic hydroxyl groups is 1. The highest BCUT2D eigenvalue weighted by atomic mass is 32.1. The van der Waals surface area contributed by atoms with Gasteiger partial charge < -0.3 is 20.5 Å². The summed E-state index contributed by atoms with van der Waals surface area (Å²) in [6, 6.07) is 0.316. The second kappa shape index (κ2) is 13.1. The first-order chi connectivity index (χ1) is 12.0. The molecule has 1 aromatic heterocycles. The SMILES string of the molecule is CCCCCCCCNC(=O)c1cnc(OCC(O)CNC(C)C)s1. The highest BCUT2D eigenvalue weighted by Gasteiger charge is 2.12. The zero-order valence-electron chi connectivity index (χ0n) is 15.7. The Morgan fingerprint density at radius 2 is 2.00 bits per heavy atom. The molecule has 7 heteroatoms. The van der Waals surface area contributed by atoms with Crippen LogP contribution in [0.2, 0.25) is 0 Å². The number of aromatic nitrogens is 1. The summed E-state index contributed by atoms with van der Waals surface area (Å²) in [7, 11) is 0. The summed E-state index contributed by atoms with van der Waals surface area (Å²) in [5.41, 5.74) is 0. The molecule has 0 aliphatic carbocycles. The van der Waals surface area contributed by atoms with E-state index in [-0.39, 0.29) is 12.5 Å². The van der Waals surface area contributed by atoms with Crippen LogP contribution in [0.25, 0.3) is 0 Å². The van der Waals surface area contributed by atoms with Crippen molar-refractivity contribution >= 4 is 17.2 Å². The Bertz CT molecular complexity index is 480. The number of ether oxygens (including phenoxy) is 1. The normalized spacial score (nSPS) is 12.4. The summed E-state index contributed by atoms with van der Waals surface area (Å²) < 4.78 is 5.45. The van der Waals surface area contributed by atoms with Crippen LogP contribution in [0.15, 0.2) is 6.20 Å². The molecular weight excluding hydrogens is 338 g/mol. The lowest BCUT2D eigenvalue weighted by Gasteiger charge is -2.13. The number of thiazole rings is 1. The number of unbranched alkanes of at least 4 members (excludes halogenated alkanes) is 5. The molecule has 0 saturated carbocycles. The predicted molar refractivity (Wildman–Crippen MR) is 102 cm³/mol. The number of nitrogens with zero attached hydrogens (tertiary/aromatic N) is 1. The van der Waals surface area contributed by atoms with Gasteiger partial charge in [0.2, 0.25) is 0 Å². The largest absolute Gasteiger partial charge is 0.467 e. The maximum Gasteiger partial charge on any atom is 0.273 e. The molecule has 0 fully saturated rings. The molecule has 0 bridgehead atoms. The van der Waals surface area contributed by atoms with Gasteiger partial charge in [0.25, 0.3) is 11.1 Å². The molecule has 0 aliphatic rings. The molecule has 1 rings (SSSR count). The molecule has 0 spiro atoms. The van der Waals surface area contributed by atoms with Gasteiger partial charge in [-0.15, -0.1) is 0 Å². The summed E-state index contributed by atoms with van der Waals surface area (Å²) in [5.74, 6) is -0.108. The van der Waals surface area contributed by atoms with Gasteiger partial charge in [-0.2, -0.15) is 0 Å². The second-order valence-corrected chi connectivity index (χ2v) is 7.54. The summed E-state index contributed by atoms with van der Waals surface area (Å²) in [6.45, 7) is 7.56. The maximum atomic E-state index is 12.1. The molecule has 0 aliphatic heterocycles. The van der Waals surface area contributed by atoms with Crippen molar-refractivity contribution in [3.63, 3.8) is 0 Å². The zero-order chi connectivity index (χ0) is 18.5. The van der Waals surface area contributed by atoms with E-state index < -0.39 is 6.10 Å². The molecule has 1 amide bonds.